The molecule has 0 aliphatic rings. The van der Waals surface area contributed by atoms with E-state index in [1.54, 1.807) is 0 Å². The van der Waals surface area contributed by atoms with Crippen LogP contribution in [-0.4, -0.2) is 25.8 Å². The van der Waals surface area contributed by atoms with Crippen LogP contribution in [0.4, 0.5) is 0 Å². The highest BCUT2D eigenvalue weighted by molar-refractivity contribution is 6.83. The summed E-state index contributed by atoms with van der Waals surface area (Å²) < 4.78 is 0. The largest absolute Gasteiger partial charge is 0.394 e. The lowest BCUT2D eigenvalue weighted by Gasteiger charge is -2.34. The van der Waals surface area contributed by atoms with E-state index < -0.39 is 8.07 Å². The van der Waals surface area contributed by atoms with Crippen molar-refractivity contribution >= 4 is 8.07 Å². The van der Waals surface area contributed by atoms with E-state index >= 15 is 0 Å². The van der Waals surface area contributed by atoms with Gasteiger partial charge in [0.2, 0.25) is 0 Å². The van der Waals surface area contributed by atoms with Crippen LogP contribution < -0.4 is 5.32 Å². The Morgan fingerprint density at radius 2 is 1.81 bits per heavy atom. The van der Waals surface area contributed by atoms with Crippen molar-refractivity contribution in [2.75, 3.05) is 6.61 Å². The van der Waals surface area contributed by atoms with Gasteiger partial charge in [-0.25, -0.2) is 0 Å². The first-order chi connectivity index (χ1) is 9.81. The molecule has 0 spiro atoms. The fourth-order valence-corrected chi connectivity index (χ4v) is 4.49. The van der Waals surface area contributed by atoms with Crippen LogP contribution in [0.1, 0.15) is 25.5 Å². The monoisotopic (exact) mass is 303 g/mol. The standard InChI is InChI=1S/C18H29NOSi/c1-7-17(21(4,5)6)18(14(2)3)19-16(13-20)15-11-9-8-10-12-15/h8-12,14,16,18-20H,1,13H2,2-6H3/t16-,18-/m1/s1. The van der Waals surface area contributed by atoms with E-state index in [-0.39, 0.29) is 18.7 Å². The summed E-state index contributed by atoms with van der Waals surface area (Å²) in [5.74, 6) is 0.429. The molecule has 0 saturated carbocycles. The van der Waals surface area contributed by atoms with E-state index in [1.165, 1.54) is 5.20 Å². The molecule has 0 fully saturated rings. The lowest BCUT2D eigenvalue weighted by atomic mass is 10.00. The van der Waals surface area contributed by atoms with Gasteiger partial charge in [-0.1, -0.05) is 70.4 Å². The summed E-state index contributed by atoms with van der Waals surface area (Å²) >= 11 is 0. The molecular formula is C18H29NOSi. The number of hydrogen-bond acceptors (Lipinski definition) is 2. The van der Waals surface area contributed by atoms with Crippen LogP contribution in [0.15, 0.2) is 47.8 Å². The summed E-state index contributed by atoms with van der Waals surface area (Å²) in [5.41, 5.74) is 4.30. The number of rotatable bonds is 7. The molecule has 0 heterocycles. The lowest BCUT2D eigenvalue weighted by molar-refractivity contribution is 0.229. The normalized spacial score (nSPS) is 14.6. The summed E-state index contributed by atoms with van der Waals surface area (Å²) in [5, 5.41) is 14.7. The Kier molecular flexibility index (Phi) is 6.63. The van der Waals surface area contributed by atoms with E-state index in [4.69, 9.17) is 0 Å². The minimum Gasteiger partial charge on any atom is -0.394 e. The summed E-state index contributed by atoms with van der Waals surface area (Å²) in [4.78, 5) is 0. The Balaban J connectivity index is 3.05. The molecule has 1 rings (SSSR count). The van der Waals surface area contributed by atoms with Gasteiger partial charge in [0.05, 0.1) is 20.7 Å². The first-order valence-corrected chi connectivity index (χ1v) is 11.1. The van der Waals surface area contributed by atoms with Crippen LogP contribution in [0.25, 0.3) is 0 Å². The van der Waals surface area contributed by atoms with Crippen molar-refractivity contribution in [3.63, 3.8) is 0 Å². The molecule has 2 atom stereocenters. The number of aliphatic hydroxyl groups is 1. The Morgan fingerprint density at radius 3 is 2.19 bits per heavy atom. The van der Waals surface area contributed by atoms with E-state index in [0.717, 1.165) is 5.56 Å². The Morgan fingerprint density at radius 1 is 1.24 bits per heavy atom. The molecule has 21 heavy (non-hydrogen) atoms. The molecule has 0 unspecified atom stereocenters. The molecule has 2 nitrogen and oxygen atoms in total. The molecular weight excluding hydrogens is 274 g/mol. The van der Waals surface area contributed by atoms with E-state index in [2.05, 4.69) is 63.2 Å². The zero-order valence-electron chi connectivity index (χ0n) is 14.0. The van der Waals surface area contributed by atoms with Gasteiger partial charge in [-0.15, -0.1) is 5.73 Å². The molecule has 0 radical (unpaired) electrons. The number of nitrogens with one attached hydrogen (secondary N) is 1. The second-order valence-electron chi connectivity index (χ2n) is 6.87. The van der Waals surface area contributed by atoms with Crippen LogP contribution in [0.2, 0.25) is 19.6 Å². The SMILES string of the molecule is C=C=C([C@H](N[C@H](CO)c1ccccc1)C(C)C)[Si](C)(C)C. The average molecular weight is 304 g/mol. The van der Waals surface area contributed by atoms with Crippen molar-refractivity contribution in [3.05, 3.63) is 53.4 Å². The molecule has 1 aromatic rings. The third kappa shape index (κ3) is 4.97. The van der Waals surface area contributed by atoms with Crippen molar-refractivity contribution < 1.29 is 5.11 Å². The first-order valence-electron chi connectivity index (χ1n) is 7.63. The zero-order valence-corrected chi connectivity index (χ0v) is 15.0. The quantitative estimate of drug-likeness (QED) is 0.591. The van der Waals surface area contributed by atoms with Crippen molar-refractivity contribution in [1.29, 1.82) is 0 Å². The zero-order chi connectivity index (χ0) is 16.0. The number of aliphatic hydroxyl groups excluding tert-OH is 1. The molecule has 1 aromatic carbocycles. The molecule has 116 valence electrons. The molecule has 0 amide bonds. The third-order valence-electron chi connectivity index (χ3n) is 3.74. The van der Waals surface area contributed by atoms with Crippen LogP contribution in [0.3, 0.4) is 0 Å². The van der Waals surface area contributed by atoms with Gasteiger partial charge in [-0.2, -0.15) is 0 Å². The molecule has 0 bridgehead atoms. The highest BCUT2D eigenvalue weighted by Crippen LogP contribution is 2.25. The lowest BCUT2D eigenvalue weighted by Crippen LogP contribution is -2.45. The van der Waals surface area contributed by atoms with Crippen molar-refractivity contribution in [3.8, 4) is 0 Å². The summed E-state index contributed by atoms with van der Waals surface area (Å²) in [6, 6.07) is 10.3. The summed E-state index contributed by atoms with van der Waals surface area (Å²) in [6.07, 6.45) is 0. The molecule has 0 saturated heterocycles. The number of hydrogen-bond donors (Lipinski definition) is 2. The molecule has 3 heteroatoms. The van der Waals surface area contributed by atoms with Gasteiger partial charge in [0.15, 0.2) is 0 Å². The van der Waals surface area contributed by atoms with Gasteiger partial charge in [0.1, 0.15) is 0 Å². The maximum atomic E-state index is 9.77. The van der Waals surface area contributed by atoms with E-state index in [0.29, 0.717) is 5.92 Å². The smallest absolute Gasteiger partial charge is 0.0844 e. The fourth-order valence-electron chi connectivity index (χ4n) is 2.61. The third-order valence-corrected chi connectivity index (χ3v) is 5.85. The molecule has 2 N–H and O–H groups in total. The van der Waals surface area contributed by atoms with Crippen LogP contribution in [0.5, 0.6) is 0 Å². The van der Waals surface area contributed by atoms with Crippen LogP contribution in [-0.2, 0) is 0 Å². The Hall–Kier alpha value is -1.12. The molecule has 0 aliphatic heterocycles. The summed E-state index contributed by atoms with van der Waals surface area (Å²) in [7, 11) is -1.49. The van der Waals surface area contributed by atoms with Crippen LogP contribution in [0, 0.1) is 5.92 Å². The van der Waals surface area contributed by atoms with Gasteiger partial charge in [0.25, 0.3) is 0 Å². The molecule has 0 aliphatic carbocycles. The summed E-state index contributed by atoms with van der Waals surface area (Å²) in [6.45, 7) is 15.3. The Labute approximate surface area is 130 Å². The predicted molar refractivity (Wildman–Crippen MR) is 94.0 cm³/mol. The minimum absolute atomic E-state index is 0.0571. The second-order valence-corrected chi connectivity index (χ2v) is 11.9. The van der Waals surface area contributed by atoms with Crippen molar-refractivity contribution in [2.24, 2.45) is 5.92 Å². The highest BCUT2D eigenvalue weighted by atomic mass is 28.3. The highest BCUT2D eigenvalue weighted by Gasteiger charge is 2.30. The number of benzene rings is 1. The fraction of sp³-hybridized carbons (Fsp3) is 0.500. The van der Waals surface area contributed by atoms with Gasteiger partial charge >= 0.3 is 0 Å². The Bertz CT molecular complexity index is 484. The van der Waals surface area contributed by atoms with Gasteiger partial charge in [-0.05, 0) is 16.7 Å². The maximum Gasteiger partial charge on any atom is 0.0844 e. The van der Waals surface area contributed by atoms with Crippen molar-refractivity contribution in [2.45, 2.75) is 45.6 Å². The van der Waals surface area contributed by atoms with Crippen molar-refractivity contribution in [1.82, 2.24) is 5.32 Å². The first kappa shape index (κ1) is 17.9. The molecule has 0 aromatic heterocycles. The van der Waals surface area contributed by atoms with Crippen LogP contribution >= 0.6 is 0 Å². The van der Waals surface area contributed by atoms with E-state index in [1.807, 2.05) is 18.2 Å². The topological polar surface area (TPSA) is 32.3 Å². The van der Waals surface area contributed by atoms with Gasteiger partial charge in [0, 0.05) is 6.04 Å². The van der Waals surface area contributed by atoms with Gasteiger partial charge < -0.3 is 10.4 Å². The minimum atomic E-state index is -1.49. The maximum absolute atomic E-state index is 9.77. The average Bonchev–Trinajstić information content (AvgIpc) is 2.42. The predicted octanol–water partition coefficient (Wildman–Crippen LogP) is 3.92. The second kappa shape index (κ2) is 7.76. The van der Waals surface area contributed by atoms with Gasteiger partial charge in [-0.3, -0.25) is 0 Å². The van der Waals surface area contributed by atoms with E-state index in [9.17, 15) is 5.11 Å².